The molecule has 0 saturated carbocycles. The van der Waals surface area contributed by atoms with Gasteiger partial charge in [-0.05, 0) is 44.5 Å². The summed E-state index contributed by atoms with van der Waals surface area (Å²) in [5, 5.41) is 0. The largest absolute Gasteiger partial charge is 0.465 e. The van der Waals surface area contributed by atoms with Crippen LogP contribution in [-0.2, 0) is 16.0 Å². The second kappa shape index (κ2) is 7.83. The van der Waals surface area contributed by atoms with Crippen molar-refractivity contribution in [2.45, 2.75) is 32.9 Å². The average Bonchev–Trinajstić information content (AvgIpc) is 2.58. The Morgan fingerprint density at radius 2 is 1.68 bits per heavy atom. The number of carbonyl (C=O) groups excluding carboxylic acids is 2. The Labute approximate surface area is 148 Å². The summed E-state index contributed by atoms with van der Waals surface area (Å²) >= 11 is 0. The highest BCUT2D eigenvalue weighted by atomic mass is 16.6. The van der Waals surface area contributed by atoms with E-state index in [0.29, 0.717) is 17.8 Å². The predicted molar refractivity (Wildman–Crippen MR) is 96.6 cm³/mol. The van der Waals surface area contributed by atoms with Crippen molar-refractivity contribution < 1.29 is 19.1 Å². The third kappa shape index (κ3) is 5.35. The molecule has 0 atom stereocenters. The van der Waals surface area contributed by atoms with Crippen LogP contribution < -0.4 is 4.90 Å². The first-order chi connectivity index (χ1) is 11.8. The second-order valence-electron chi connectivity index (χ2n) is 6.59. The van der Waals surface area contributed by atoms with Crippen molar-refractivity contribution in [2.24, 2.45) is 0 Å². The van der Waals surface area contributed by atoms with Crippen LogP contribution in [0.3, 0.4) is 0 Å². The fourth-order valence-corrected chi connectivity index (χ4v) is 2.26. The highest BCUT2D eigenvalue weighted by Crippen LogP contribution is 2.22. The van der Waals surface area contributed by atoms with Gasteiger partial charge in [-0.25, -0.2) is 9.59 Å². The number of hydrogen-bond acceptors (Lipinski definition) is 4. The molecule has 5 heteroatoms. The standard InChI is InChI=1S/C20H23NO4/c1-20(2,3)25-19(23)21(14-15-9-6-5-7-10-15)17-12-8-11-16(13-17)18(22)24-4/h5-13H,14H2,1-4H3. The predicted octanol–water partition coefficient (Wildman–Crippen LogP) is 4.41. The number of rotatable bonds is 4. The van der Waals surface area contributed by atoms with Crippen molar-refractivity contribution in [2.75, 3.05) is 12.0 Å². The molecule has 2 aromatic rings. The maximum atomic E-state index is 12.7. The van der Waals surface area contributed by atoms with Gasteiger partial charge in [0.25, 0.3) is 0 Å². The summed E-state index contributed by atoms with van der Waals surface area (Å²) in [7, 11) is 1.32. The molecule has 0 aliphatic heterocycles. The Kier molecular flexibility index (Phi) is 5.80. The van der Waals surface area contributed by atoms with E-state index in [0.717, 1.165) is 5.56 Å². The van der Waals surface area contributed by atoms with E-state index < -0.39 is 17.7 Å². The minimum absolute atomic E-state index is 0.334. The molecule has 0 aliphatic carbocycles. The fourth-order valence-electron chi connectivity index (χ4n) is 2.26. The molecule has 2 aromatic carbocycles. The summed E-state index contributed by atoms with van der Waals surface area (Å²) in [6, 6.07) is 16.3. The third-order valence-electron chi connectivity index (χ3n) is 3.38. The molecule has 0 bridgehead atoms. The fraction of sp³-hybridized carbons (Fsp3) is 0.300. The van der Waals surface area contributed by atoms with Crippen molar-refractivity contribution in [1.82, 2.24) is 0 Å². The Hall–Kier alpha value is -2.82. The normalized spacial score (nSPS) is 10.9. The van der Waals surface area contributed by atoms with Gasteiger partial charge < -0.3 is 9.47 Å². The van der Waals surface area contributed by atoms with Gasteiger partial charge in [0.05, 0.1) is 19.2 Å². The van der Waals surface area contributed by atoms with Crippen LogP contribution in [0.1, 0.15) is 36.7 Å². The zero-order valence-electron chi connectivity index (χ0n) is 15.0. The first-order valence-corrected chi connectivity index (χ1v) is 8.03. The van der Waals surface area contributed by atoms with Gasteiger partial charge in [0.1, 0.15) is 5.60 Å². The van der Waals surface area contributed by atoms with E-state index in [4.69, 9.17) is 9.47 Å². The molecule has 0 radical (unpaired) electrons. The van der Waals surface area contributed by atoms with E-state index in [2.05, 4.69) is 0 Å². The van der Waals surface area contributed by atoms with E-state index in [-0.39, 0.29) is 0 Å². The van der Waals surface area contributed by atoms with Gasteiger partial charge >= 0.3 is 12.1 Å². The van der Waals surface area contributed by atoms with Crippen molar-refractivity contribution in [3.63, 3.8) is 0 Å². The Bertz CT molecular complexity index is 735. The van der Waals surface area contributed by atoms with Crippen molar-refractivity contribution >= 4 is 17.7 Å². The van der Waals surface area contributed by atoms with Crippen LogP contribution in [-0.4, -0.2) is 24.8 Å². The Balaban J connectivity index is 2.37. The molecule has 0 unspecified atom stereocenters. The lowest BCUT2D eigenvalue weighted by Gasteiger charge is -2.27. The highest BCUT2D eigenvalue weighted by Gasteiger charge is 2.24. The number of nitrogens with zero attached hydrogens (tertiary/aromatic N) is 1. The van der Waals surface area contributed by atoms with Gasteiger partial charge in [-0.15, -0.1) is 0 Å². The molecule has 0 fully saturated rings. The maximum Gasteiger partial charge on any atom is 0.415 e. The molecule has 1 amide bonds. The van der Waals surface area contributed by atoms with Gasteiger partial charge in [0.15, 0.2) is 0 Å². The number of carbonyl (C=O) groups is 2. The number of benzene rings is 2. The van der Waals surface area contributed by atoms with Crippen LogP contribution in [0.25, 0.3) is 0 Å². The molecule has 2 rings (SSSR count). The lowest BCUT2D eigenvalue weighted by Crippen LogP contribution is -2.36. The monoisotopic (exact) mass is 341 g/mol. The van der Waals surface area contributed by atoms with Gasteiger partial charge in [-0.3, -0.25) is 4.90 Å². The van der Waals surface area contributed by atoms with Gasteiger partial charge in [-0.2, -0.15) is 0 Å². The number of esters is 1. The molecule has 0 spiro atoms. The lowest BCUT2D eigenvalue weighted by atomic mass is 10.1. The van der Waals surface area contributed by atoms with Crippen molar-refractivity contribution in [1.29, 1.82) is 0 Å². The number of anilines is 1. The molecular weight excluding hydrogens is 318 g/mol. The summed E-state index contributed by atoms with van der Waals surface area (Å²) < 4.78 is 10.3. The third-order valence-corrected chi connectivity index (χ3v) is 3.38. The lowest BCUT2D eigenvalue weighted by molar-refractivity contribution is 0.0570. The number of amides is 1. The zero-order valence-corrected chi connectivity index (χ0v) is 15.0. The van der Waals surface area contributed by atoms with E-state index >= 15 is 0 Å². The molecule has 5 nitrogen and oxygen atoms in total. The molecule has 0 saturated heterocycles. The Morgan fingerprint density at radius 3 is 2.28 bits per heavy atom. The van der Waals surface area contributed by atoms with Crippen LogP contribution in [0.5, 0.6) is 0 Å². The zero-order chi connectivity index (χ0) is 18.4. The molecule has 132 valence electrons. The van der Waals surface area contributed by atoms with Gasteiger partial charge in [0, 0.05) is 5.69 Å². The van der Waals surface area contributed by atoms with E-state index in [1.807, 2.05) is 51.1 Å². The maximum absolute atomic E-state index is 12.7. The van der Waals surface area contributed by atoms with Crippen LogP contribution in [0, 0.1) is 0 Å². The molecule has 25 heavy (non-hydrogen) atoms. The summed E-state index contributed by atoms with van der Waals surface area (Å²) in [5.74, 6) is -0.453. The second-order valence-corrected chi connectivity index (χ2v) is 6.59. The highest BCUT2D eigenvalue weighted by molar-refractivity contribution is 5.93. The quantitative estimate of drug-likeness (QED) is 0.773. The van der Waals surface area contributed by atoms with Crippen LogP contribution in [0.2, 0.25) is 0 Å². The number of methoxy groups -OCH3 is 1. The van der Waals surface area contributed by atoms with E-state index in [9.17, 15) is 9.59 Å². The van der Waals surface area contributed by atoms with Crippen LogP contribution >= 0.6 is 0 Å². The first-order valence-electron chi connectivity index (χ1n) is 8.03. The topological polar surface area (TPSA) is 55.8 Å². The van der Waals surface area contributed by atoms with E-state index in [1.165, 1.54) is 12.0 Å². The number of hydrogen-bond donors (Lipinski definition) is 0. The molecular formula is C20H23NO4. The number of ether oxygens (including phenoxy) is 2. The van der Waals surface area contributed by atoms with Crippen LogP contribution in [0.15, 0.2) is 54.6 Å². The smallest absolute Gasteiger partial charge is 0.415 e. The van der Waals surface area contributed by atoms with Crippen LogP contribution in [0.4, 0.5) is 10.5 Å². The molecule has 0 aromatic heterocycles. The minimum Gasteiger partial charge on any atom is -0.465 e. The first kappa shape index (κ1) is 18.5. The van der Waals surface area contributed by atoms with Crippen molar-refractivity contribution in [3.05, 3.63) is 65.7 Å². The summed E-state index contributed by atoms with van der Waals surface area (Å²) in [6.07, 6.45) is -0.474. The molecule has 0 heterocycles. The molecule has 0 N–H and O–H groups in total. The SMILES string of the molecule is COC(=O)c1cccc(N(Cc2ccccc2)C(=O)OC(C)(C)C)c1. The van der Waals surface area contributed by atoms with Crippen molar-refractivity contribution in [3.8, 4) is 0 Å². The minimum atomic E-state index is -0.619. The summed E-state index contributed by atoms with van der Waals surface area (Å²) in [4.78, 5) is 26.0. The summed E-state index contributed by atoms with van der Waals surface area (Å²) in [5.41, 5.74) is 1.28. The van der Waals surface area contributed by atoms with E-state index in [1.54, 1.807) is 24.3 Å². The average molecular weight is 341 g/mol. The van der Waals surface area contributed by atoms with Gasteiger partial charge in [-0.1, -0.05) is 36.4 Å². The molecule has 0 aliphatic rings. The summed E-state index contributed by atoms with van der Waals surface area (Å²) in [6.45, 7) is 5.78. The van der Waals surface area contributed by atoms with Gasteiger partial charge in [0.2, 0.25) is 0 Å². The Morgan fingerprint density at radius 1 is 1.00 bits per heavy atom.